The van der Waals surface area contributed by atoms with Crippen molar-refractivity contribution in [3.8, 4) is 0 Å². The summed E-state index contributed by atoms with van der Waals surface area (Å²) in [6, 6.07) is -0.816. The molecule has 0 amide bonds. The molecule has 0 aliphatic heterocycles. The number of nitrogens with one attached hydrogen (secondary N) is 1. The number of hydrogen-bond acceptors (Lipinski definition) is 4. The van der Waals surface area contributed by atoms with Gasteiger partial charge in [-0.1, -0.05) is 13.8 Å². The summed E-state index contributed by atoms with van der Waals surface area (Å²) < 4.78 is 0. The predicted molar refractivity (Wildman–Crippen MR) is 62.3 cm³/mol. The summed E-state index contributed by atoms with van der Waals surface area (Å²) in [5.74, 6) is -1.09. The molecular weight excluding hydrogens is 222 g/mol. The van der Waals surface area contributed by atoms with Crippen LogP contribution in [0.3, 0.4) is 0 Å². The van der Waals surface area contributed by atoms with Crippen LogP contribution < -0.4 is 5.73 Å². The Morgan fingerprint density at radius 2 is 2.29 bits per heavy atom. The molecule has 1 rings (SSSR count). The average molecular weight is 241 g/mol. The van der Waals surface area contributed by atoms with E-state index in [9.17, 15) is 9.90 Å². The third kappa shape index (κ3) is 3.28. The lowest BCUT2D eigenvalue weighted by molar-refractivity contribution is -0.161. The molecule has 2 unspecified atom stereocenters. The summed E-state index contributed by atoms with van der Waals surface area (Å²) in [6.45, 7) is 3.86. The molecule has 0 aliphatic carbocycles. The number of carboxylic acids is 1. The van der Waals surface area contributed by atoms with Crippen LogP contribution in [-0.4, -0.2) is 37.8 Å². The minimum Gasteiger partial charge on any atom is -0.479 e. The number of aromatic nitrogens is 2. The summed E-state index contributed by atoms with van der Waals surface area (Å²) in [5, 5.41) is 19.4. The second-order valence-corrected chi connectivity index (χ2v) is 4.72. The van der Waals surface area contributed by atoms with Gasteiger partial charge in [0.1, 0.15) is 0 Å². The van der Waals surface area contributed by atoms with Crippen LogP contribution >= 0.6 is 0 Å². The second kappa shape index (κ2) is 5.29. The highest BCUT2D eigenvalue weighted by molar-refractivity contribution is 5.78. The molecule has 2 atom stereocenters. The number of hydrogen-bond donors (Lipinski definition) is 4. The van der Waals surface area contributed by atoms with E-state index in [4.69, 9.17) is 10.8 Å². The first kappa shape index (κ1) is 13.7. The highest BCUT2D eigenvalue weighted by Crippen LogP contribution is 2.20. The van der Waals surface area contributed by atoms with E-state index in [1.54, 1.807) is 0 Å². The van der Waals surface area contributed by atoms with Gasteiger partial charge in [-0.2, -0.15) is 0 Å². The molecule has 6 heteroatoms. The van der Waals surface area contributed by atoms with Crippen molar-refractivity contribution in [2.45, 2.75) is 38.3 Å². The van der Waals surface area contributed by atoms with Crippen molar-refractivity contribution in [1.29, 1.82) is 0 Å². The Labute approximate surface area is 99.9 Å². The summed E-state index contributed by atoms with van der Waals surface area (Å²) >= 11 is 0. The van der Waals surface area contributed by atoms with Crippen LogP contribution in [0.5, 0.6) is 0 Å². The first-order valence-electron chi connectivity index (χ1n) is 5.55. The molecule has 5 N–H and O–H groups in total. The third-order valence-corrected chi connectivity index (χ3v) is 2.72. The maximum absolute atomic E-state index is 11.2. The Kier molecular flexibility index (Phi) is 4.25. The van der Waals surface area contributed by atoms with E-state index in [-0.39, 0.29) is 12.3 Å². The molecule has 0 aromatic carbocycles. The number of imidazole rings is 1. The molecule has 1 heterocycles. The first-order valence-corrected chi connectivity index (χ1v) is 5.55. The van der Waals surface area contributed by atoms with Crippen molar-refractivity contribution in [2.75, 3.05) is 0 Å². The highest BCUT2D eigenvalue weighted by atomic mass is 16.4. The summed E-state index contributed by atoms with van der Waals surface area (Å²) in [5.41, 5.74) is 4.39. The van der Waals surface area contributed by atoms with E-state index >= 15 is 0 Å². The molecule has 96 valence electrons. The van der Waals surface area contributed by atoms with Crippen molar-refractivity contribution in [3.05, 3.63) is 18.2 Å². The molecule has 17 heavy (non-hydrogen) atoms. The molecule has 0 saturated heterocycles. The van der Waals surface area contributed by atoms with Gasteiger partial charge >= 0.3 is 5.97 Å². The number of H-pyrrole nitrogens is 1. The molecule has 0 radical (unpaired) electrons. The minimum atomic E-state index is -1.96. The van der Waals surface area contributed by atoms with Crippen LogP contribution in [0.4, 0.5) is 0 Å². The quantitative estimate of drug-likeness (QED) is 0.566. The van der Waals surface area contributed by atoms with Gasteiger partial charge in [0.05, 0.1) is 6.33 Å². The van der Waals surface area contributed by atoms with Crippen molar-refractivity contribution >= 4 is 5.97 Å². The third-order valence-electron chi connectivity index (χ3n) is 2.72. The van der Waals surface area contributed by atoms with Gasteiger partial charge in [-0.05, 0) is 12.3 Å². The lowest BCUT2D eigenvalue weighted by Crippen LogP contribution is -2.56. The van der Waals surface area contributed by atoms with Crippen molar-refractivity contribution in [2.24, 2.45) is 11.7 Å². The molecule has 0 fully saturated rings. The van der Waals surface area contributed by atoms with E-state index < -0.39 is 17.6 Å². The Morgan fingerprint density at radius 1 is 1.65 bits per heavy atom. The number of nitrogens with two attached hydrogens (primary N) is 1. The molecule has 1 aromatic rings. The zero-order valence-corrected chi connectivity index (χ0v) is 10.1. The molecule has 0 spiro atoms. The summed E-state index contributed by atoms with van der Waals surface area (Å²) in [4.78, 5) is 17.8. The minimum absolute atomic E-state index is 0.0732. The van der Waals surface area contributed by atoms with Crippen LogP contribution in [0.15, 0.2) is 12.5 Å². The number of aromatic amines is 1. The predicted octanol–water partition coefficient (Wildman–Crippen LogP) is 0.141. The van der Waals surface area contributed by atoms with Gasteiger partial charge in [-0.25, -0.2) is 9.78 Å². The monoisotopic (exact) mass is 241 g/mol. The molecule has 0 aliphatic rings. The van der Waals surface area contributed by atoms with Gasteiger partial charge in [0.15, 0.2) is 5.60 Å². The van der Waals surface area contributed by atoms with Crippen LogP contribution in [0, 0.1) is 5.92 Å². The molecule has 0 saturated carbocycles. The van der Waals surface area contributed by atoms with E-state index in [1.165, 1.54) is 12.5 Å². The number of nitrogens with zero attached hydrogens (tertiary/aromatic N) is 1. The fraction of sp³-hybridized carbons (Fsp3) is 0.636. The van der Waals surface area contributed by atoms with Crippen molar-refractivity contribution in [3.63, 3.8) is 0 Å². The Bertz CT molecular complexity index is 364. The van der Waals surface area contributed by atoms with Gasteiger partial charge in [0, 0.05) is 24.4 Å². The van der Waals surface area contributed by atoms with E-state index in [2.05, 4.69) is 9.97 Å². The zero-order chi connectivity index (χ0) is 13.1. The highest BCUT2D eigenvalue weighted by Gasteiger charge is 2.42. The zero-order valence-electron chi connectivity index (χ0n) is 10.1. The lowest BCUT2D eigenvalue weighted by Gasteiger charge is -2.30. The number of carboxylic acid groups (broad SMARTS) is 1. The largest absolute Gasteiger partial charge is 0.479 e. The topological polar surface area (TPSA) is 112 Å². The molecule has 1 aromatic heterocycles. The Balaban J connectivity index is 2.85. The van der Waals surface area contributed by atoms with Crippen LogP contribution in [-0.2, 0) is 11.2 Å². The summed E-state index contributed by atoms with van der Waals surface area (Å²) in [6.07, 6.45) is 3.29. The Morgan fingerprint density at radius 3 is 2.71 bits per heavy atom. The van der Waals surface area contributed by atoms with Gasteiger partial charge in [0.25, 0.3) is 0 Å². The van der Waals surface area contributed by atoms with Gasteiger partial charge in [-0.3, -0.25) is 0 Å². The van der Waals surface area contributed by atoms with E-state index in [0.29, 0.717) is 12.1 Å². The average Bonchev–Trinajstić information content (AvgIpc) is 2.68. The Hall–Kier alpha value is -1.40. The van der Waals surface area contributed by atoms with Crippen molar-refractivity contribution in [1.82, 2.24) is 9.97 Å². The first-order chi connectivity index (χ1) is 7.86. The fourth-order valence-electron chi connectivity index (χ4n) is 1.74. The molecule has 6 nitrogen and oxygen atoms in total. The number of aliphatic hydroxyl groups is 1. The van der Waals surface area contributed by atoms with Gasteiger partial charge in [0.2, 0.25) is 0 Å². The fourth-order valence-corrected chi connectivity index (χ4v) is 1.74. The number of carbonyl (C=O) groups is 1. The molecular formula is C11H19N3O3. The summed E-state index contributed by atoms with van der Waals surface area (Å²) in [7, 11) is 0. The maximum atomic E-state index is 11.2. The SMILES string of the molecule is CC(C)CC(N)C(O)(Cc1cnc[nH]1)C(=O)O. The standard InChI is InChI=1S/C11H19N3O3/c1-7(2)3-9(12)11(17,10(15)16)4-8-5-13-6-14-8/h5-7,9,17H,3-4,12H2,1-2H3,(H,13,14)(H,15,16). The number of aliphatic carboxylic acids is 1. The molecule has 0 bridgehead atoms. The number of rotatable bonds is 6. The van der Waals surface area contributed by atoms with Gasteiger partial charge < -0.3 is 20.9 Å². The van der Waals surface area contributed by atoms with Crippen molar-refractivity contribution < 1.29 is 15.0 Å². The van der Waals surface area contributed by atoms with Crippen LogP contribution in [0.1, 0.15) is 26.0 Å². The normalized spacial score (nSPS) is 16.8. The van der Waals surface area contributed by atoms with Gasteiger partial charge in [-0.15, -0.1) is 0 Å². The van der Waals surface area contributed by atoms with Crippen LogP contribution in [0.25, 0.3) is 0 Å². The van der Waals surface area contributed by atoms with E-state index in [0.717, 1.165) is 0 Å². The maximum Gasteiger partial charge on any atom is 0.337 e. The van der Waals surface area contributed by atoms with E-state index in [1.807, 2.05) is 13.8 Å². The second-order valence-electron chi connectivity index (χ2n) is 4.72. The van der Waals surface area contributed by atoms with Crippen LogP contribution in [0.2, 0.25) is 0 Å². The lowest BCUT2D eigenvalue weighted by atomic mass is 9.85. The smallest absolute Gasteiger partial charge is 0.337 e.